The van der Waals surface area contributed by atoms with Crippen molar-refractivity contribution in [2.24, 2.45) is 0 Å². The van der Waals surface area contributed by atoms with Crippen molar-refractivity contribution in [3.63, 3.8) is 0 Å². The van der Waals surface area contributed by atoms with Crippen molar-refractivity contribution in [1.82, 2.24) is 15.5 Å². The van der Waals surface area contributed by atoms with Crippen molar-refractivity contribution >= 4 is 23.5 Å². The minimum Gasteiger partial charge on any atom is -0.354 e. The van der Waals surface area contributed by atoms with Crippen LogP contribution in [0.4, 0.5) is 10.5 Å². The number of hydrogen-bond acceptors (Lipinski definition) is 3. The molecule has 0 bridgehead atoms. The van der Waals surface area contributed by atoms with Crippen LogP contribution >= 0.6 is 0 Å². The number of nitrogens with one attached hydrogen (secondary N) is 3. The highest BCUT2D eigenvalue weighted by Crippen LogP contribution is 2.11. The molecule has 0 spiro atoms. The average Bonchev–Trinajstić information content (AvgIpc) is 2.60. The molecule has 7 nitrogen and oxygen atoms in total. The summed E-state index contributed by atoms with van der Waals surface area (Å²) in [6.07, 6.45) is 1.84. The van der Waals surface area contributed by atoms with Crippen LogP contribution in [0.5, 0.6) is 0 Å². The van der Waals surface area contributed by atoms with Crippen LogP contribution in [0.15, 0.2) is 24.3 Å². The number of piperidine rings is 1. The van der Waals surface area contributed by atoms with E-state index in [1.807, 2.05) is 26.0 Å². The number of benzene rings is 1. The molecule has 1 heterocycles. The van der Waals surface area contributed by atoms with Crippen molar-refractivity contribution in [2.75, 3.05) is 25.0 Å². The minimum atomic E-state index is -0.486. The zero-order valence-corrected chi connectivity index (χ0v) is 14.8. The summed E-state index contributed by atoms with van der Waals surface area (Å²) in [5, 5.41) is 8.11. The molecule has 25 heavy (non-hydrogen) atoms. The van der Waals surface area contributed by atoms with Gasteiger partial charge in [0.05, 0.1) is 6.42 Å². The summed E-state index contributed by atoms with van der Waals surface area (Å²) in [5.41, 5.74) is 1.52. The number of urea groups is 1. The second-order valence-electron chi connectivity index (χ2n) is 6.02. The fraction of sp³-hybridized carbons (Fsp3) is 0.500. The van der Waals surface area contributed by atoms with Crippen LogP contribution in [0.1, 0.15) is 32.3 Å². The Bertz CT molecular complexity index is 611. The van der Waals surface area contributed by atoms with Crippen LogP contribution in [-0.2, 0) is 16.0 Å². The molecular formula is C18H26N4O3. The van der Waals surface area contributed by atoms with E-state index in [2.05, 4.69) is 16.0 Å². The van der Waals surface area contributed by atoms with Gasteiger partial charge in [-0.1, -0.05) is 12.1 Å². The maximum absolute atomic E-state index is 12.1. The van der Waals surface area contributed by atoms with E-state index in [1.54, 1.807) is 17.0 Å². The van der Waals surface area contributed by atoms with Gasteiger partial charge in [0.2, 0.25) is 11.8 Å². The number of carbonyl (C=O) groups is 3. The van der Waals surface area contributed by atoms with Gasteiger partial charge in [-0.2, -0.15) is 0 Å². The van der Waals surface area contributed by atoms with E-state index in [0.717, 1.165) is 12.0 Å². The molecule has 1 aliphatic heterocycles. The third-order valence-electron chi connectivity index (χ3n) is 4.27. The second kappa shape index (κ2) is 9.05. The lowest BCUT2D eigenvalue weighted by molar-refractivity contribution is -0.130. The number of amides is 4. The Kier molecular flexibility index (Phi) is 6.80. The summed E-state index contributed by atoms with van der Waals surface area (Å²) in [6.45, 7) is 5.97. The molecule has 0 aromatic heterocycles. The Hall–Kier alpha value is -2.57. The Labute approximate surface area is 148 Å². The third kappa shape index (κ3) is 5.48. The molecule has 4 amide bonds. The summed E-state index contributed by atoms with van der Waals surface area (Å²) in [6, 6.07) is 6.26. The molecule has 1 saturated heterocycles. The quantitative estimate of drug-likeness (QED) is 0.729. The lowest BCUT2D eigenvalue weighted by Gasteiger charge is -2.22. The molecule has 1 aromatic rings. The second-order valence-corrected chi connectivity index (χ2v) is 6.02. The first-order chi connectivity index (χ1) is 12.0. The standard InChI is InChI=1S/C18H26N4O3/c1-3-22(4-2)16(23)12-13-7-9-14(10-8-13)20-18(25)21-15-6-5-11-19-17(15)24/h7-10,15H,3-6,11-12H2,1-2H3,(H,19,24)(H2,20,21,25)/t15-/m1/s1. The number of rotatable bonds is 6. The first-order valence-corrected chi connectivity index (χ1v) is 8.75. The Morgan fingerprint density at radius 2 is 1.88 bits per heavy atom. The molecule has 1 aliphatic rings. The molecule has 3 N–H and O–H groups in total. The van der Waals surface area contributed by atoms with Crippen molar-refractivity contribution in [2.45, 2.75) is 39.2 Å². The maximum atomic E-state index is 12.1. The molecule has 136 valence electrons. The van der Waals surface area contributed by atoms with E-state index in [-0.39, 0.29) is 11.8 Å². The third-order valence-corrected chi connectivity index (χ3v) is 4.27. The van der Waals surface area contributed by atoms with Crippen LogP contribution in [0.3, 0.4) is 0 Å². The van der Waals surface area contributed by atoms with Gasteiger partial charge >= 0.3 is 6.03 Å². The molecule has 0 saturated carbocycles. The van der Waals surface area contributed by atoms with Crippen LogP contribution < -0.4 is 16.0 Å². The number of anilines is 1. The smallest absolute Gasteiger partial charge is 0.319 e. The van der Waals surface area contributed by atoms with Crippen LogP contribution in [0.25, 0.3) is 0 Å². The number of likely N-dealkylation sites (N-methyl/N-ethyl adjacent to an activating group) is 1. The normalized spacial score (nSPS) is 16.7. The fourth-order valence-electron chi connectivity index (χ4n) is 2.80. The summed E-state index contributed by atoms with van der Waals surface area (Å²) in [7, 11) is 0. The summed E-state index contributed by atoms with van der Waals surface area (Å²) < 4.78 is 0. The fourth-order valence-corrected chi connectivity index (χ4v) is 2.80. The molecule has 1 aromatic carbocycles. The minimum absolute atomic E-state index is 0.0896. The van der Waals surface area contributed by atoms with Crippen molar-refractivity contribution in [3.8, 4) is 0 Å². The predicted molar refractivity (Wildman–Crippen MR) is 96.3 cm³/mol. The summed E-state index contributed by atoms with van der Waals surface area (Å²) >= 11 is 0. The van der Waals surface area contributed by atoms with E-state index in [1.165, 1.54) is 0 Å². The molecule has 2 rings (SSSR count). The zero-order chi connectivity index (χ0) is 18.2. The molecular weight excluding hydrogens is 320 g/mol. The zero-order valence-electron chi connectivity index (χ0n) is 14.8. The van der Waals surface area contributed by atoms with Gasteiger partial charge in [0.15, 0.2) is 0 Å². The van der Waals surface area contributed by atoms with Crippen LogP contribution in [0.2, 0.25) is 0 Å². The molecule has 1 atom stereocenters. The molecule has 7 heteroatoms. The van der Waals surface area contributed by atoms with E-state index >= 15 is 0 Å². The van der Waals surface area contributed by atoms with Crippen molar-refractivity contribution in [3.05, 3.63) is 29.8 Å². The molecule has 0 unspecified atom stereocenters. The highest BCUT2D eigenvalue weighted by atomic mass is 16.2. The highest BCUT2D eigenvalue weighted by Gasteiger charge is 2.23. The van der Waals surface area contributed by atoms with Gasteiger partial charge in [0, 0.05) is 25.3 Å². The van der Waals surface area contributed by atoms with Gasteiger partial charge < -0.3 is 20.9 Å². The number of hydrogen-bond donors (Lipinski definition) is 3. The molecule has 1 fully saturated rings. The first kappa shape index (κ1) is 18.8. The predicted octanol–water partition coefficient (Wildman–Crippen LogP) is 1.50. The highest BCUT2D eigenvalue weighted by molar-refractivity contribution is 5.94. The van der Waals surface area contributed by atoms with Gasteiger partial charge in [-0.15, -0.1) is 0 Å². The van der Waals surface area contributed by atoms with Crippen LogP contribution in [0, 0.1) is 0 Å². The van der Waals surface area contributed by atoms with E-state index in [0.29, 0.717) is 38.2 Å². The average molecular weight is 346 g/mol. The van der Waals surface area contributed by atoms with E-state index < -0.39 is 12.1 Å². The number of nitrogens with zero attached hydrogens (tertiary/aromatic N) is 1. The Morgan fingerprint density at radius 1 is 1.20 bits per heavy atom. The maximum Gasteiger partial charge on any atom is 0.319 e. The largest absolute Gasteiger partial charge is 0.354 e. The topological polar surface area (TPSA) is 90.5 Å². The van der Waals surface area contributed by atoms with Gasteiger partial charge in [-0.05, 0) is 44.4 Å². The Balaban J connectivity index is 1.86. The van der Waals surface area contributed by atoms with Gasteiger partial charge in [-0.25, -0.2) is 4.79 Å². The molecule has 0 aliphatic carbocycles. The summed E-state index contributed by atoms with van der Waals surface area (Å²) in [4.78, 5) is 37.5. The lowest BCUT2D eigenvalue weighted by atomic mass is 10.1. The van der Waals surface area contributed by atoms with Gasteiger partial charge in [-0.3, -0.25) is 9.59 Å². The SMILES string of the molecule is CCN(CC)C(=O)Cc1ccc(NC(=O)N[C@@H]2CCCNC2=O)cc1. The monoisotopic (exact) mass is 346 g/mol. The van der Waals surface area contributed by atoms with E-state index in [4.69, 9.17) is 0 Å². The van der Waals surface area contributed by atoms with Crippen molar-refractivity contribution < 1.29 is 14.4 Å². The van der Waals surface area contributed by atoms with Crippen molar-refractivity contribution in [1.29, 1.82) is 0 Å². The number of carbonyl (C=O) groups excluding carboxylic acids is 3. The van der Waals surface area contributed by atoms with Gasteiger partial charge in [0.25, 0.3) is 0 Å². The Morgan fingerprint density at radius 3 is 2.48 bits per heavy atom. The molecule has 0 radical (unpaired) electrons. The summed E-state index contributed by atoms with van der Waals surface area (Å²) in [5.74, 6) is -0.0570. The van der Waals surface area contributed by atoms with Crippen LogP contribution in [-0.4, -0.2) is 48.4 Å². The van der Waals surface area contributed by atoms with Gasteiger partial charge in [0.1, 0.15) is 6.04 Å². The first-order valence-electron chi connectivity index (χ1n) is 8.75. The van der Waals surface area contributed by atoms with E-state index in [9.17, 15) is 14.4 Å². The lowest BCUT2D eigenvalue weighted by Crippen LogP contribution is -2.51.